The van der Waals surface area contributed by atoms with E-state index in [1.807, 2.05) is 18.2 Å². The Morgan fingerprint density at radius 3 is 2.50 bits per heavy atom. The van der Waals surface area contributed by atoms with Gasteiger partial charge in [-0.2, -0.15) is 0 Å². The van der Waals surface area contributed by atoms with Gasteiger partial charge in [0.15, 0.2) is 0 Å². The molecule has 0 aliphatic carbocycles. The average molecular weight is 346 g/mol. The number of hydrogen-bond acceptors (Lipinski definition) is 3. The molecule has 2 nitrogen and oxygen atoms in total. The second-order valence-electron chi connectivity index (χ2n) is 6.16. The molecule has 2 aromatic rings. The summed E-state index contributed by atoms with van der Waals surface area (Å²) in [5.74, 6) is -0.210. The zero-order chi connectivity index (χ0) is 17.0. The lowest BCUT2D eigenvalue weighted by Crippen LogP contribution is -2.35. The van der Waals surface area contributed by atoms with Crippen molar-refractivity contribution in [2.75, 3.05) is 20.3 Å². The van der Waals surface area contributed by atoms with Crippen LogP contribution < -0.4 is 0 Å². The van der Waals surface area contributed by atoms with E-state index < -0.39 is 5.60 Å². The van der Waals surface area contributed by atoms with Crippen molar-refractivity contribution in [3.05, 3.63) is 65.5 Å². The molecule has 1 saturated heterocycles. The van der Waals surface area contributed by atoms with Crippen LogP contribution in [0.25, 0.3) is 0 Å². The van der Waals surface area contributed by atoms with Gasteiger partial charge in [0, 0.05) is 43.3 Å². The molecule has 3 rings (SSSR count). The van der Waals surface area contributed by atoms with Gasteiger partial charge in [0.1, 0.15) is 5.82 Å². The molecule has 1 heterocycles. The first kappa shape index (κ1) is 17.5. The van der Waals surface area contributed by atoms with Gasteiger partial charge in [0.2, 0.25) is 0 Å². The molecule has 128 valence electrons. The largest absolute Gasteiger partial charge is 0.381 e. The highest BCUT2D eigenvalue weighted by molar-refractivity contribution is 7.99. The molecule has 0 bridgehead atoms. The van der Waals surface area contributed by atoms with Gasteiger partial charge in [0.25, 0.3) is 0 Å². The van der Waals surface area contributed by atoms with Crippen molar-refractivity contribution in [1.82, 2.24) is 0 Å². The fourth-order valence-electron chi connectivity index (χ4n) is 3.20. The molecule has 0 saturated carbocycles. The van der Waals surface area contributed by atoms with Crippen molar-refractivity contribution in [1.29, 1.82) is 0 Å². The standard InChI is InChI=1S/C20H23FO2S/c1-15(16-6-4-3-5-7-16)24-19-13-17(12-18(21)14-19)20(22-2)8-10-23-11-9-20/h3-7,12-15H,8-11H2,1-2H3. The predicted molar refractivity (Wildman–Crippen MR) is 95.9 cm³/mol. The minimum absolute atomic E-state index is 0.210. The van der Waals surface area contributed by atoms with E-state index >= 15 is 0 Å². The van der Waals surface area contributed by atoms with E-state index in [4.69, 9.17) is 9.47 Å². The number of benzene rings is 2. The third-order valence-corrected chi connectivity index (χ3v) is 5.80. The van der Waals surface area contributed by atoms with E-state index in [1.54, 1.807) is 31.0 Å². The van der Waals surface area contributed by atoms with Crippen molar-refractivity contribution in [2.45, 2.75) is 35.5 Å². The Bertz CT molecular complexity index is 669. The second-order valence-corrected chi connectivity index (χ2v) is 7.57. The maximum absolute atomic E-state index is 14.2. The second kappa shape index (κ2) is 7.68. The molecular weight excluding hydrogens is 323 g/mol. The third-order valence-electron chi connectivity index (χ3n) is 4.67. The summed E-state index contributed by atoms with van der Waals surface area (Å²) >= 11 is 1.67. The summed E-state index contributed by atoms with van der Waals surface area (Å²) in [4.78, 5) is 0.935. The van der Waals surface area contributed by atoms with Crippen molar-refractivity contribution in [3.8, 4) is 0 Å². The summed E-state index contributed by atoms with van der Waals surface area (Å²) in [5.41, 5.74) is 1.71. The van der Waals surface area contributed by atoms with Crippen LogP contribution in [0.15, 0.2) is 53.4 Å². The van der Waals surface area contributed by atoms with E-state index in [0.29, 0.717) is 13.2 Å². The Morgan fingerprint density at radius 1 is 1.12 bits per heavy atom. The summed E-state index contributed by atoms with van der Waals surface area (Å²) in [6.07, 6.45) is 1.51. The number of hydrogen-bond donors (Lipinski definition) is 0. The SMILES string of the molecule is COC1(c2cc(F)cc(SC(C)c3ccccc3)c2)CCOCC1. The molecule has 0 N–H and O–H groups in total. The summed E-state index contributed by atoms with van der Waals surface area (Å²) in [6, 6.07) is 15.6. The van der Waals surface area contributed by atoms with Gasteiger partial charge in [-0.15, -0.1) is 11.8 Å². The van der Waals surface area contributed by atoms with Crippen LogP contribution in [0.4, 0.5) is 4.39 Å². The summed E-state index contributed by atoms with van der Waals surface area (Å²) in [5, 5.41) is 0.258. The molecule has 1 fully saturated rings. The highest BCUT2D eigenvalue weighted by atomic mass is 32.2. The number of rotatable bonds is 5. The molecule has 1 aliphatic rings. The highest BCUT2D eigenvalue weighted by Gasteiger charge is 2.35. The van der Waals surface area contributed by atoms with E-state index in [-0.39, 0.29) is 11.1 Å². The van der Waals surface area contributed by atoms with Crippen molar-refractivity contribution >= 4 is 11.8 Å². The minimum atomic E-state index is -0.439. The van der Waals surface area contributed by atoms with Crippen molar-refractivity contribution in [3.63, 3.8) is 0 Å². The Kier molecular flexibility index (Phi) is 5.59. The molecule has 0 radical (unpaired) electrons. The van der Waals surface area contributed by atoms with Crippen LogP contribution in [-0.2, 0) is 15.1 Å². The lowest BCUT2D eigenvalue weighted by atomic mass is 9.86. The lowest BCUT2D eigenvalue weighted by Gasteiger charge is -2.36. The summed E-state index contributed by atoms with van der Waals surface area (Å²) in [7, 11) is 1.70. The monoisotopic (exact) mass is 346 g/mol. The molecule has 1 aliphatic heterocycles. The maximum Gasteiger partial charge on any atom is 0.124 e. The van der Waals surface area contributed by atoms with E-state index in [2.05, 4.69) is 25.1 Å². The number of halogens is 1. The van der Waals surface area contributed by atoms with Crippen LogP contribution in [0, 0.1) is 5.82 Å². The Morgan fingerprint density at radius 2 is 1.83 bits per heavy atom. The molecule has 24 heavy (non-hydrogen) atoms. The van der Waals surface area contributed by atoms with Gasteiger partial charge in [-0.05, 0) is 36.2 Å². The van der Waals surface area contributed by atoms with Gasteiger partial charge < -0.3 is 9.47 Å². The normalized spacial score (nSPS) is 18.3. The third kappa shape index (κ3) is 3.82. The topological polar surface area (TPSA) is 18.5 Å². The Labute approximate surface area is 147 Å². The van der Waals surface area contributed by atoms with Crippen LogP contribution in [0.3, 0.4) is 0 Å². The van der Waals surface area contributed by atoms with Crippen LogP contribution >= 0.6 is 11.8 Å². The van der Waals surface area contributed by atoms with Gasteiger partial charge in [-0.25, -0.2) is 4.39 Å². The van der Waals surface area contributed by atoms with Gasteiger partial charge in [-0.3, -0.25) is 0 Å². The first-order valence-electron chi connectivity index (χ1n) is 8.28. The zero-order valence-electron chi connectivity index (χ0n) is 14.1. The Balaban J connectivity index is 1.86. The summed E-state index contributed by atoms with van der Waals surface area (Å²) < 4.78 is 25.5. The van der Waals surface area contributed by atoms with Crippen molar-refractivity contribution in [2.24, 2.45) is 0 Å². The number of methoxy groups -OCH3 is 1. The van der Waals surface area contributed by atoms with E-state index in [9.17, 15) is 4.39 Å². The lowest BCUT2D eigenvalue weighted by molar-refractivity contribution is -0.0950. The fraction of sp³-hybridized carbons (Fsp3) is 0.400. The smallest absolute Gasteiger partial charge is 0.124 e. The molecule has 1 unspecified atom stereocenters. The van der Waals surface area contributed by atoms with E-state index in [0.717, 1.165) is 23.3 Å². The molecular formula is C20H23FO2S. The maximum atomic E-state index is 14.2. The van der Waals surface area contributed by atoms with Gasteiger partial charge in [0.05, 0.1) is 5.60 Å². The van der Waals surface area contributed by atoms with Crippen LogP contribution in [0.1, 0.15) is 36.1 Å². The first-order valence-corrected chi connectivity index (χ1v) is 9.16. The molecule has 2 aromatic carbocycles. The van der Waals surface area contributed by atoms with Crippen LogP contribution in [0.5, 0.6) is 0 Å². The van der Waals surface area contributed by atoms with Crippen LogP contribution in [0.2, 0.25) is 0 Å². The van der Waals surface area contributed by atoms with Crippen LogP contribution in [-0.4, -0.2) is 20.3 Å². The van der Waals surface area contributed by atoms with E-state index in [1.165, 1.54) is 5.56 Å². The highest BCUT2D eigenvalue weighted by Crippen LogP contribution is 2.40. The predicted octanol–water partition coefficient (Wildman–Crippen LogP) is 5.33. The average Bonchev–Trinajstić information content (AvgIpc) is 2.62. The molecule has 0 spiro atoms. The molecule has 1 atom stereocenters. The first-order chi connectivity index (χ1) is 11.6. The quantitative estimate of drug-likeness (QED) is 0.682. The fourth-order valence-corrected chi connectivity index (χ4v) is 4.28. The number of ether oxygens (including phenoxy) is 2. The van der Waals surface area contributed by atoms with Gasteiger partial charge in [-0.1, -0.05) is 30.3 Å². The Hall–Kier alpha value is -1.36. The molecule has 0 aromatic heterocycles. The molecule has 0 amide bonds. The number of thioether (sulfide) groups is 1. The minimum Gasteiger partial charge on any atom is -0.381 e. The zero-order valence-corrected chi connectivity index (χ0v) is 14.9. The van der Waals surface area contributed by atoms with Crippen molar-refractivity contribution < 1.29 is 13.9 Å². The van der Waals surface area contributed by atoms with Gasteiger partial charge >= 0.3 is 0 Å². The summed E-state index contributed by atoms with van der Waals surface area (Å²) in [6.45, 7) is 3.44. The molecule has 4 heteroatoms.